The summed E-state index contributed by atoms with van der Waals surface area (Å²) in [5.41, 5.74) is 9.12. The molecule has 0 saturated carbocycles. The number of rotatable bonds is 8. The van der Waals surface area contributed by atoms with E-state index in [0.717, 1.165) is 50.0 Å². The third-order valence-electron chi connectivity index (χ3n) is 5.14. The van der Waals surface area contributed by atoms with Crippen LogP contribution in [0, 0.1) is 3.70 Å². The minimum Gasteiger partial charge on any atom is -0.457 e. The minimum absolute atomic E-state index is 0.435. The summed E-state index contributed by atoms with van der Waals surface area (Å²) in [6.07, 6.45) is 1.51. The summed E-state index contributed by atoms with van der Waals surface area (Å²) in [6, 6.07) is 18.9. The van der Waals surface area contributed by atoms with E-state index >= 15 is 0 Å². The predicted molar refractivity (Wildman–Crippen MR) is 141 cm³/mol. The van der Waals surface area contributed by atoms with Crippen LogP contribution < -0.4 is 10.5 Å². The standard InChI is InChI=1S/C24H27IN4O2Si/c1-32(2,3)14-13-30-16-29-22(25)20(21-23(26)27-15-28-24(21)29)17-9-11-19(12-10-17)31-18-7-5-4-6-8-18/h4-12,15H,13-14,16H2,1-3H3,(H2,26,27,28). The summed E-state index contributed by atoms with van der Waals surface area (Å²) >= 11 is 2.35. The molecular weight excluding hydrogens is 531 g/mol. The molecule has 4 aromatic rings. The van der Waals surface area contributed by atoms with Crippen molar-refractivity contribution in [3.05, 3.63) is 64.6 Å². The van der Waals surface area contributed by atoms with Gasteiger partial charge in [0, 0.05) is 20.2 Å². The highest BCUT2D eigenvalue weighted by atomic mass is 127. The second-order valence-electron chi connectivity index (χ2n) is 8.84. The first kappa shape index (κ1) is 22.7. The molecule has 4 rings (SSSR count). The number of para-hydroxylation sites is 1. The van der Waals surface area contributed by atoms with Gasteiger partial charge in [0.15, 0.2) is 0 Å². The lowest BCUT2D eigenvalue weighted by molar-refractivity contribution is 0.0884. The van der Waals surface area contributed by atoms with Gasteiger partial charge in [-0.15, -0.1) is 0 Å². The average Bonchev–Trinajstić information content (AvgIpc) is 3.05. The van der Waals surface area contributed by atoms with Crippen molar-refractivity contribution >= 4 is 47.5 Å². The van der Waals surface area contributed by atoms with E-state index in [4.69, 9.17) is 15.2 Å². The normalized spacial score (nSPS) is 11.8. The summed E-state index contributed by atoms with van der Waals surface area (Å²) in [5.74, 6) is 2.05. The van der Waals surface area contributed by atoms with Gasteiger partial charge < -0.3 is 15.2 Å². The largest absolute Gasteiger partial charge is 0.457 e. The Morgan fingerprint density at radius 2 is 1.66 bits per heavy atom. The van der Waals surface area contributed by atoms with Crippen LogP contribution >= 0.6 is 22.6 Å². The number of hydrogen-bond donors (Lipinski definition) is 1. The second-order valence-corrected chi connectivity index (χ2v) is 15.5. The molecule has 32 heavy (non-hydrogen) atoms. The molecule has 0 amide bonds. The van der Waals surface area contributed by atoms with Crippen LogP contribution in [0.1, 0.15) is 0 Å². The fourth-order valence-electron chi connectivity index (χ4n) is 3.39. The van der Waals surface area contributed by atoms with Crippen molar-refractivity contribution in [1.82, 2.24) is 14.5 Å². The van der Waals surface area contributed by atoms with E-state index < -0.39 is 8.07 Å². The molecule has 166 valence electrons. The fourth-order valence-corrected chi connectivity index (χ4v) is 5.10. The van der Waals surface area contributed by atoms with Gasteiger partial charge in [-0.3, -0.25) is 4.57 Å². The van der Waals surface area contributed by atoms with Gasteiger partial charge >= 0.3 is 0 Å². The third kappa shape index (κ3) is 5.13. The minimum atomic E-state index is -1.15. The molecule has 0 bridgehead atoms. The molecule has 0 aliphatic heterocycles. The van der Waals surface area contributed by atoms with Crippen LogP contribution in [0.2, 0.25) is 25.7 Å². The summed E-state index contributed by atoms with van der Waals surface area (Å²) in [4.78, 5) is 8.76. The van der Waals surface area contributed by atoms with Crippen LogP contribution in [0.3, 0.4) is 0 Å². The molecule has 6 nitrogen and oxygen atoms in total. The van der Waals surface area contributed by atoms with E-state index in [0.29, 0.717) is 12.5 Å². The van der Waals surface area contributed by atoms with Crippen LogP contribution in [0.4, 0.5) is 5.82 Å². The van der Waals surface area contributed by atoms with Gasteiger partial charge in [-0.1, -0.05) is 50.0 Å². The average molecular weight is 558 g/mol. The van der Waals surface area contributed by atoms with Crippen molar-refractivity contribution in [2.24, 2.45) is 0 Å². The molecule has 2 heterocycles. The molecule has 2 N–H and O–H groups in total. The molecule has 0 aliphatic carbocycles. The molecule has 0 unspecified atom stereocenters. The summed E-state index contributed by atoms with van der Waals surface area (Å²) < 4.78 is 15.1. The smallest absolute Gasteiger partial charge is 0.148 e. The Bertz CT molecular complexity index is 1200. The van der Waals surface area contributed by atoms with E-state index in [1.165, 1.54) is 6.33 Å². The lowest BCUT2D eigenvalue weighted by Gasteiger charge is -2.16. The highest BCUT2D eigenvalue weighted by Gasteiger charge is 2.21. The maximum atomic E-state index is 6.29. The monoisotopic (exact) mass is 558 g/mol. The lowest BCUT2D eigenvalue weighted by Crippen LogP contribution is -2.22. The van der Waals surface area contributed by atoms with Gasteiger partial charge in [-0.2, -0.15) is 0 Å². The van der Waals surface area contributed by atoms with Gasteiger partial charge in [0.05, 0.1) is 9.09 Å². The highest BCUT2D eigenvalue weighted by Crippen LogP contribution is 2.38. The number of aromatic nitrogens is 3. The zero-order valence-corrected chi connectivity index (χ0v) is 21.7. The highest BCUT2D eigenvalue weighted by molar-refractivity contribution is 14.1. The first-order valence-electron chi connectivity index (χ1n) is 10.5. The molecule has 0 atom stereocenters. The Kier molecular flexibility index (Phi) is 6.82. The van der Waals surface area contributed by atoms with Gasteiger partial charge in [-0.05, 0) is 58.5 Å². The first-order valence-corrected chi connectivity index (χ1v) is 15.3. The van der Waals surface area contributed by atoms with E-state index in [-0.39, 0.29) is 0 Å². The zero-order chi connectivity index (χ0) is 22.7. The maximum absolute atomic E-state index is 6.29. The molecule has 0 radical (unpaired) electrons. The Balaban J connectivity index is 1.64. The molecule has 0 fully saturated rings. The quantitative estimate of drug-likeness (QED) is 0.154. The van der Waals surface area contributed by atoms with Gasteiger partial charge in [0.1, 0.15) is 36.0 Å². The molecule has 0 aliphatic rings. The number of nitrogens with two attached hydrogens (primary N) is 1. The summed E-state index contributed by atoms with van der Waals surface area (Å²) in [7, 11) is -1.15. The van der Waals surface area contributed by atoms with Crippen LogP contribution in [-0.4, -0.2) is 29.2 Å². The molecule has 0 spiro atoms. The van der Waals surface area contributed by atoms with Gasteiger partial charge in [0.2, 0.25) is 0 Å². The topological polar surface area (TPSA) is 75.2 Å². The van der Waals surface area contributed by atoms with Crippen molar-refractivity contribution in [1.29, 1.82) is 0 Å². The number of anilines is 1. The van der Waals surface area contributed by atoms with Crippen molar-refractivity contribution in [2.75, 3.05) is 12.3 Å². The number of hydrogen-bond acceptors (Lipinski definition) is 5. The SMILES string of the molecule is C[Si](C)(C)CCOCn1c(I)c(-c2ccc(Oc3ccccc3)cc2)c2c(N)ncnc21. The molecular formula is C24H27IN4O2Si. The second kappa shape index (κ2) is 9.59. The Morgan fingerprint density at radius 1 is 0.969 bits per heavy atom. The van der Waals surface area contributed by atoms with E-state index in [1.54, 1.807) is 0 Å². The maximum Gasteiger partial charge on any atom is 0.148 e. The van der Waals surface area contributed by atoms with Crippen molar-refractivity contribution < 1.29 is 9.47 Å². The fraction of sp³-hybridized carbons (Fsp3) is 0.250. The Labute approximate surface area is 202 Å². The summed E-state index contributed by atoms with van der Waals surface area (Å²) in [6.45, 7) is 8.23. The Morgan fingerprint density at radius 3 is 2.34 bits per heavy atom. The Hall–Kier alpha value is -2.43. The van der Waals surface area contributed by atoms with E-state index in [1.807, 2.05) is 54.6 Å². The first-order chi connectivity index (χ1) is 15.3. The molecule has 2 aromatic carbocycles. The predicted octanol–water partition coefficient (Wildman–Crippen LogP) is 6.39. The van der Waals surface area contributed by atoms with Crippen molar-refractivity contribution in [3.63, 3.8) is 0 Å². The number of benzene rings is 2. The summed E-state index contributed by atoms with van der Waals surface area (Å²) in [5, 5.41) is 0.849. The zero-order valence-electron chi connectivity index (χ0n) is 18.5. The van der Waals surface area contributed by atoms with Crippen LogP contribution in [0.15, 0.2) is 60.9 Å². The van der Waals surface area contributed by atoms with Crippen molar-refractivity contribution in [3.8, 4) is 22.6 Å². The van der Waals surface area contributed by atoms with Crippen LogP contribution in [-0.2, 0) is 11.5 Å². The third-order valence-corrected chi connectivity index (χ3v) is 7.97. The number of ether oxygens (including phenoxy) is 2. The number of nitrogens with zero attached hydrogens (tertiary/aromatic N) is 3. The van der Waals surface area contributed by atoms with E-state index in [2.05, 4.69) is 56.8 Å². The number of fused-ring (bicyclic) bond motifs is 1. The lowest BCUT2D eigenvalue weighted by atomic mass is 10.1. The van der Waals surface area contributed by atoms with Crippen molar-refractivity contribution in [2.45, 2.75) is 32.4 Å². The molecule has 0 saturated heterocycles. The number of halogens is 1. The van der Waals surface area contributed by atoms with Gasteiger partial charge in [-0.25, -0.2) is 9.97 Å². The number of nitrogen functional groups attached to an aromatic ring is 1. The van der Waals surface area contributed by atoms with Gasteiger partial charge in [0.25, 0.3) is 0 Å². The van der Waals surface area contributed by atoms with Crippen LogP contribution in [0.5, 0.6) is 11.5 Å². The molecule has 8 heteroatoms. The van der Waals surface area contributed by atoms with Crippen LogP contribution in [0.25, 0.3) is 22.2 Å². The van der Waals surface area contributed by atoms with E-state index in [9.17, 15) is 0 Å². The molecule has 2 aromatic heterocycles.